The molecule has 0 aromatic carbocycles. The first-order valence-corrected chi connectivity index (χ1v) is 9.55. The van der Waals surface area contributed by atoms with E-state index in [0.717, 1.165) is 47.4 Å². The topological polar surface area (TPSA) is 132 Å². The van der Waals surface area contributed by atoms with E-state index < -0.39 is 5.91 Å². The van der Waals surface area contributed by atoms with Crippen molar-refractivity contribution in [1.82, 2.24) is 9.88 Å². The number of rotatable bonds is 4. The smallest absolute Gasteiger partial charge is 0.314 e. The minimum atomic E-state index is -0.527. The maximum absolute atomic E-state index is 11.7. The molecule has 2 aromatic rings. The zero-order valence-corrected chi connectivity index (χ0v) is 15.6. The average Bonchev–Trinajstić information content (AvgIpc) is 2.78. The molecule has 0 aliphatic carbocycles. The number of urea groups is 1. The number of hydrogen-bond acceptors (Lipinski definition) is 6. The lowest BCUT2D eigenvalue weighted by molar-refractivity contribution is 0.100. The number of nitrogens with zero attached hydrogens (tertiary/aromatic N) is 3. The molecule has 0 atom stereocenters. The molecule has 6 N–H and O–H groups in total. The Balaban J connectivity index is 2.01. The summed E-state index contributed by atoms with van der Waals surface area (Å²) in [6, 6.07) is 1.65. The first-order valence-electron chi connectivity index (χ1n) is 8.73. The summed E-state index contributed by atoms with van der Waals surface area (Å²) in [5, 5.41) is 0.836. The van der Waals surface area contributed by atoms with E-state index in [4.69, 9.17) is 22.2 Å². The fourth-order valence-electron chi connectivity index (χ4n) is 3.36. The molecule has 0 radical (unpaired) electrons. The predicted molar refractivity (Wildman–Crippen MR) is 105 cm³/mol. The van der Waals surface area contributed by atoms with Crippen LogP contribution in [0.1, 0.15) is 35.0 Å². The number of carbonyl (C=O) groups is 2. The maximum Gasteiger partial charge on any atom is 0.314 e. The fraction of sp³-hybridized carbons (Fsp3) is 0.471. The van der Waals surface area contributed by atoms with Gasteiger partial charge < -0.3 is 27.0 Å². The number of aromatic nitrogens is 1. The highest BCUT2D eigenvalue weighted by Gasteiger charge is 2.22. The minimum Gasteiger partial charge on any atom is -0.397 e. The SMILES string of the molecule is CCCc1cc(N2CCCN(C(N)=O)CC2)nc2sc(C(N)=O)c(N)c12. The van der Waals surface area contributed by atoms with Crippen molar-refractivity contribution in [2.24, 2.45) is 11.5 Å². The molecule has 3 amide bonds. The van der Waals surface area contributed by atoms with Crippen molar-refractivity contribution >= 4 is 45.0 Å². The third kappa shape index (κ3) is 3.39. The second-order valence-electron chi connectivity index (χ2n) is 6.44. The third-order valence-corrected chi connectivity index (χ3v) is 5.76. The Bertz CT molecular complexity index is 849. The van der Waals surface area contributed by atoms with Crippen molar-refractivity contribution < 1.29 is 9.59 Å². The molecule has 3 heterocycles. The van der Waals surface area contributed by atoms with Gasteiger partial charge in [-0.25, -0.2) is 9.78 Å². The highest BCUT2D eigenvalue weighted by molar-refractivity contribution is 7.21. The Labute approximate surface area is 155 Å². The Morgan fingerprint density at radius 2 is 2.00 bits per heavy atom. The first-order chi connectivity index (χ1) is 12.4. The van der Waals surface area contributed by atoms with Crippen LogP contribution >= 0.6 is 11.3 Å². The average molecular weight is 376 g/mol. The van der Waals surface area contributed by atoms with Gasteiger partial charge in [-0.1, -0.05) is 13.3 Å². The monoisotopic (exact) mass is 376 g/mol. The number of thiophene rings is 1. The van der Waals surface area contributed by atoms with Crippen molar-refractivity contribution in [3.8, 4) is 0 Å². The largest absolute Gasteiger partial charge is 0.397 e. The lowest BCUT2D eigenvalue weighted by Gasteiger charge is -2.23. The van der Waals surface area contributed by atoms with Gasteiger partial charge in [0.15, 0.2) is 0 Å². The molecule has 3 rings (SSSR count). The highest BCUT2D eigenvalue weighted by Crippen LogP contribution is 2.37. The second-order valence-corrected chi connectivity index (χ2v) is 7.44. The van der Waals surface area contributed by atoms with E-state index in [9.17, 15) is 9.59 Å². The summed E-state index contributed by atoms with van der Waals surface area (Å²) in [5.41, 5.74) is 18.5. The zero-order chi connectivity index (χ0) is 18.8. The number of anilines is 2. The van der Waals surface area contributed by atoms with E-state index in [2.05, 4.69) is 11.8 Å². The van der Waals surface area contributed by atoms with Gasteiger partial charge in [0.05, 0.1) is 5.69 Å². The van der Waals surface area contributed by atoms with Crippen LogP contribution in [-0.2, 0) is 6.42 Å². The van der Waals surface area contributed by atoms with Gasteiger partial charge in [-0.2, -0.15) is 0 Å². The van der Waals surface area contributed by atoms with Crippen LogP contribution in [0.4, 0.5) is 16.3 Å². The number of aryl methyl sites for hydroxylation is 1. The lowest BCUT2D eigenvalue weighted by Crippen LogP contribution is -2.38. The Kier molecular flexibility index (Phi) is 5.17. The normalized spacial score (nSPS) is 15.3. The molecule has 0 unspecified atom stereocenters. The van der Waals surface area contributed by atoms with Crippen molar-refractivity contribution in [3.05, 3.63) is 16.5 Å². The summed E-state index contributed by atoms with van der Waals surface area (Å²) in [6.45, 7) is 4.76. The number of amides is 3. The standard InChI is InChI=1S/C17H24N6O2S/c1-2-4-10-9-11(22-5-3-6-23(8-7-22)17(20)25)21-16-12(10)13(18)14(26-16)15(19)24/h9H,2-8,18H2,1H3,(H2,19,24)(H2,20,25). The van der Waals surface area contributed by atoms with E-state index in [1.807, 2.05) is 6.07 Å². The number of primary amides is 2. The summed E-state index contributed by atoms with van der Waals surface area (Å²) in [5.74, 6) is 0.311. The third-order valence-electron chi connectivity index (χ3n) is 4.64. The van der Waals surface area contributed by atoms with Gasteiger partial charge in [0.1, 0.15) is 15.5 Å². The number of nitrogen functional groups attached to an aromatic ring is 1. The molecule has 0 bridgehead atoms. The van der Waals surface area contributed by atoms with Crippen LogP contribution in [0.5, 0.6) is 0 Å². The molecule has 140 valence electrons. The van der Waals surface area contributed by atoms with Crippen molar-refractivity contribution in [2.75, 3.05) is 36.8 Å². The lowest BCUT2D eigenvalue weighted by atomic mass is 10.1. The van der Waals surface area contributed by atoms with Gasteiger partial charge in [-0.05, 0) is 24.5 Å². The van der Waals surface area contributed by atoms with Gasteiger partial charge in [-0.15, -0.1) is 11.3 Å². The molecule has 8 nitrogen and oxygen atoms in total. The van der Waals surface area contributed by atoms with E-state index in [0.29, 0.717) is 30.2 Å². The fourth-order valence-corrected chi connectivity index (χ4v) is 4.35. The second kappa shape index (κ2) is 7.36. The summed E-state index contributed by atoms with van der Waals surface area (Å²) >= 11 is 1.24. The summed E-state index contributed by atoms with van der Waals surface area (Å²) in [4.78, 5) is 32.7. The Morgan fingerprint density at radius 3 is 2.65 bits per heavy atom. The van der Waals surface area contributed by atoms with Crippen molar-refractivity contribution in [1.29, 1.82) is 0 Å². The molecule has 2 aromatic heterocycles. The number of pyridine rings is 1. The van der Waals surface area contributed by atoms with Gasteiger partial charge in [0, 0.05) is 31.6 Å². The van der Waals surface area contributed by atoms with Crippen LogP contribution in [0.25, 0.3) is 10.2 Å². The molecule has 1 saturated heterocycles. The Morgan fingerprint density at radius 1 is 1.23 bits per heavy atom. The molecule has 1 fully saturated rings. The van der Waals surface area contributed by atoms with Crippen LogP contribution in [0, 0.1) is 0 Å². The van der Waals surface area contributed by atoms with Gasteiger partial charge in [0.25, 0.3) is 5.91 Å². The van der Waals surface area contributed by atoms with Crippen LogP contribution in [0.2, 0.25) is 0 Å². The molecule has 0 spiro atoms. The molecular formula is C17H24N6O2S. The van der Waals surface area contributed by atoms with Crippen LogP contribution in [0.15, 0.2) is 6.07 Å². The molecule has 1 aliphatic heterocycles. The van der Waals surface area contributed by atoms with Crippen molar-refractivity contribution in [2.45, 2.75) is 26.2 Å². The zero-order valence-electron chi connectivity index (χ0n) is 14.8. The van der Waals surface area contributed by atoms with E-state index in [1.165, 1.54) is 11.3 Å². The molecule has 9 heteroatoms. The van der Waals surface area contributed by atoms with E-state index in [-0.39, 0.29) is 6.03 Å². The quantitative estimate of drug-likeness (QED) is 0.744. The summed E-state index contributed by atoms with van der Waals surface area (Å²) in [6.07, 6.45) is 2.62. The van der Waals surface area contributed by atoms with Gasteiger partial charge >= 0.3 is 6.03 Å². The number of nitrogens with two attached hydrogens (primary N) is 3. The van der Waals surface area contributed by atoms with Gasteiger partial charge in [0.2, 0.25) is 0 Å². The summed E-state index contributed by atoms with van der Waals surface area (Å²) in [7, 11) is 0. The number of carbonyl (C=O) groups excluding carboxylic acids is 2. The Hall–Kier alpha value is -2.55. The minimum absolute atomic E-state index is 0.359. The van der Waals surface area contributed by atoms with E-state index in [1.54, 1.807) is 4.90 Å². The van der Waals surface area contributed by atoms with Crippen LogP contribution in [-0.4, -0.2) is 48.0 Å². The van der Waals surface area contributed by atoms with E-state index >= 15 is 0 Å². The first kappa shape index (κ1) is 18.2. The molecule has 1 aliphatic rings. The van der Waals surface area contributed by atoms with Crippen LogP contribution in [0.3, 0.4) is 0 Å². The van der Waals surface area contributed by atoms with Crippen molar-refractivity contribution in [3.63, 3.8) is 0 Å². The number of fused-ring (bicyclic) bond motifs is 1. The summed E-state index contributed by atoms with van der Waals surface area (Å²) < 4.78 is 0. The highest BCUT2D eigenvalue weighted by atomic mass is 32.1. The molecule has 26 heavy (non-hydrogen) atoms. The number of hydrogen-bond donors (Lipinski definition) is 3. The maximum atomic E-state index is 11.7. The molecule has 0 saturated carbocycles. The van der Waals surface area contributed by atoms with Gasteiger partial charge in [-0.3, -0.25) is 4.79 Å². The predicted octanol–water partition coefficient (Wildman–Crippen LogP) is 1.52. The van der Waals surface area contributed by atoms with Crippen LogP contribution < -0.4 is 22.1 Å². The molecular weight excluding hydrogens is 352 g/mol.